The second kappa shape index (κ2) is 9.02. The number of rotatable bonds is 7. The monoisotopic (exact) mass is 397 g/mol. The summed E-state index contributed by atoms with van der Waals surface area (Å²) in [6.45, 7) is 0.449. The molecule has 26 heavy (non-hydrogen) atoms. The van der Waals surface area contributed by atoms with Crippen LogP contribution in [0.25, 0.3) is 0 Å². The fourth-order valence-electron chi connectivity index (χ4n) is 2.36. The first-order chi connectivity index (χ1) is 12.3. The van der Waals surface area contributed by atoms with Gasteiger partial charge in [-0.2, -0.15) is 0 Å². The van der Waals surface area contributed by atoms with E-state index in [4.69, 9.17) is 16.3 Å². The lowest BCUT2D eigenvalue weighted by Gasteiger charge is -2.20. The van der Waals surface area contributed by atoms with Crippen molar-refractivity contribution >= 4 is 27.5 Å². The van der Waals surface area contributed by atoms with Gasteiger partial charge in [0.05, 0.1) is 18.6 Å². The van der Waals surface area contributed by atoms with Crippen molar-refractivity contribution in [1.29, 1.82) is 0 Å². The van der Waals surface area contributed by atoms with Gasteiger partial charge in [-0.3, -0.25) is 0 Å². The highest BCUT2D eigenvalue weighted by Gasteiger charge is 2.18. The van der Waals surface area contributed by atoms with Crippen LogP contribution < -0.4 is 5.32 Å². The minimum Gasteiger partial charge on any atom is -0.453 e. The van der Waals surface area contributed by atoms with Gasteiger partial charge in [0.1, 0.15) is 6.10 Å². The topological polar surface area (TPSA) is 81.7 Å². The molecule has 2 aromatic rings. The van der Waals surface area contributed by atoms with Crippen molar-refractivity contribution in [2.75, 3.05) is 26.5 Å². The summed E-state index contributed by atoms with van der Waals surface area (Å²) in [5.41, 5.74) is 1.45. The molecule has 0 saturated heterocycles. The Labute approximate surface area is 158 Å². The van der Waals surface area contributed by atoms with E-state index in [1.165, 1.54) is 13.2 Å². The number of alkyl carbamates (subject to hydrolysis) is 1. The maximum absolute atomic E-state index is 11.8. The molecule has 0 aliphatic rings. The lowest BCUT2D eigenvalue weighted by atomic mass is 10.0. The zero-order chi connectivity index (χ0) is 19.2. The van der Waals surface area contributed by atoms with Crippen LogP contribution >= 0.6 is 11.6 Å². The van der Waals surface area contributed by atoms with Gasteiger partial charge in [-0.1, -0.05) is 35.9 Å². The molecule has 0 saturated carbocycles. The summed E-state index contributed by atoms with van der Waals surface area (Å²) < 4.78 is 34.1. The summed E-state index contributed by atoms with van der Waals surface area (Å²) in [7, 11) is -2.06. The first-order valence-electron chi connectivity index (χ1n) is 7.80. The van der Waals surface area contributed by atoms with Crippen molar-refractivity contribution in [3.63, 3.8) is 0 Å². The molecule has 0 aliphatic heterocycles. The van der Waals surface area contributed by atoms with Gasteiger partial charge < -0.3 is 14.8 Å². The predicted octanol–water partition coefficient (Wildman–Crippen LogP) is 3.21. The Morgan fingerprint density at radius 2 is 1.81 bits per heavy atom. The van der Waals surface area contributed by atoms with Crippen LogP contribution in [0.2, 0.25) is 5.02 Å². The van der Waals surface area contributed by atoms with Gasteiger partial charge in [0, 0.05) is 17.8 Å². The molecule has 8 heteroatoms. The third-order valence-corrected chi connectivity index (χ3v) is 4.93. The fourth-order valence-corrected chi connectivity index (χ4v) is 3.24. The van der Waals surface area contributed by atoms with Gasteiger partial charge in [0.2, 0.25) is 0 Å². The van der Waals surface area contributed by atoms with Gasteiger partial charge in [-0.25, -0.2) is 13.2 Å². The molecule has 1 amide bonds. The van der Waals surface area contributed by atoms with E-state index in [2.05, 4.69) is 10.1 Å². The summed E-state index contributed by atoms with van der Waals surface area (Å²) in [5.74, 6) is 0. The van der Waals surface area contributed by atoms with E-state index >= 15 is 0 Å². The maximum atomic E-state index is 11.8. The molecule has 2 rings (SSSR count). The number of carbonyl (C=O) groups excluding carboxylic acids is 1. The summed E-state index contributed by atoms with van der Waals surface area (Å²) in [4.78, 5) is 11.3. The van der Waals surface area contributed by atoms with E-state index in [1.807, 2.05) is 6.07 Å². The Hall–Kier alpha value is -2.09. The predicted molar refractivity (Wildman–Crippen MR) is 99.2 cm³/mol. The van der Waals surface area contributed by atoms with Crippen LogP contribution in [-0.2, 0) is 19.3 Å². The maximum Gasteiger partial charge on any atom is 0.406 e. The molecule has 0 aromatic heterocycles. The van der Waals surface area contributed by atoms with Gasteiger partial charge >= 0.3 is 6.09 Å². The molecule has 0 heterocycles. The molecule has 1 unspecified atom stereocenters. The normalized spacial score (nSPS) is 12.4. The highest BCUT2D eigenvalue weighted by atomic mass is 35.5. The number of halogens is 1. The van der Waals surface area contributed by atoms with Crippen molar-refractivity contribution < 1.29 is 22.7 Å². The first kappa shape index (κ1) is 20.2. The highest BCUT2D eigenvalue weighted by Crippen LogP contribution is 2.29. The third-order valence-electron chi connectivity index (χ3n) is 3.58. The minimum atomic E-state index is -3.34. The molecule has 0 bridgehead atoms. The number of carbonyl (C=O) groups is 1. The summed E-state index contributed by atoms with van der Waals surface area (Å²) >= 11 is 6.08. The zero-order valence-corrected chi connectivity index (χ0v) is 16.0. The summed E-state index contributed by atoms with van der Waals surface area (Å²) in [6, 6.07) is 13.7. The van der Waals surface area contributed by atoms with Gasteiger partial charge in [-0.05, 0) is 35.4 Å². The number of hydrogen-bond acceptors (Lipinski definition) is 5. The molecule has 0 spiro atoms. The van der Waals surface area contributed by atoms with Crippen LogP contribution in [0.3, 0.4) is 0 Å². The minimum absolute atomic E-state index is 0.204. The van der Waals surface area contributed by atoms with E-state index in [0.29, 0.717) is 10.6 Å². The van der Waals surface area contributed by atoms with Crippen LogP contribution in [-0.4, -0.2) is 41.0 Å². The lowest BCUT2D eigenvalue weighted by Crippen LogP contribution is -2.27. The van der Waals surface area contributed by atoms with Crippen LogP contribution in [0.4, 0.5) is 4.79 Å². The molecule has 0 radical (unpaired) electrons. The second-order valence-electron chi connectivity index (χ2n) is 5.57. The molecule has 140 valence electrons. The average Bonchev–Trinajstić information content (AvgIpc) is 2.61. The Balaban J connectivity index is 2.27. The van der Waals surface area contributed by atoms with Crippen molar-refractivity contribution in [2.45, 2.75) is 11.0 Å². The van der Waals surface area contributed by atoms with Crippen LogP contribution in [0.1, 0.15) is 17.2 Å². The summed E-state index contributed by atoms with van der Waals surface area (Å²) in [6.07, 6.45) is 0.0728. The number of sulfone groups is 1. The molecule has 0 aliphatic carbocycles. The van der Waals surface area contributed by atoms with Gasteiger partial charge in [0.25, 0.3) is 0 Å². The Kier molecular flexibility index (Phi) is 7.02. The Morgan fingerprint density at radius 3 is 2.42 bits per heavy atom. The van der Waals surface area contributed by atoms with E-state index in [9.17, 15) is 13.2 Å². The molecule has 2 aromatic carbocycles. The molecular weight excluding hydrogens is 378 g/mol. The number of nitrogens with one attached hydrogen (secondary N) is 1. The van der Waals surface area contributed by atoms with Gasteiger partial charge in [0.15, 0.2) is 9.84 Å². The number of methoxy groups -OCH3 is 1. The molecule has 6 nitrogen and oxygen atoms in total. The van der Waals surface area contributed by atoms with E-state index in [-0.39, 0.29) is 18.0 Å². The second-order valence-corrected chi connectivity index (χ2v) is 8.02. The molecule has 1 N–H and O–H groups in total. The quantitative estimate of drug-likeness (QED) is 0.725. The van der Waals surface area contributed by atoms with Crippen molar-refractivity contribution in [3.05, 3.63) is 64.7 Å². The van der Waals surface area contributed by atoms with E-state index in [0.717, 1.165) is 11.8 Å². The third kappa shape index (κ3) is 5.72. The van der Waals surface area contributed by atoms with Crippen molar-refractivity contribution in [2.24, 2.45) is 0 Å². The zero-order valence-electron chi connectivity index (χ0n) is 14.4. The highest BCUT2D eigenvalue weighted by molar-refractivity contribution is 7.90. The van der Waals surface area contributed by atoms with E-state index in [1.54, 1.807) is 36.4 Å². The Morgan fingerprint density at radius 1 is 1.15 bits per heavy atom. The van der Waals surface area contributed by atoms with Crippen molar-refractivity contribution in [1.82, 2.24) is 5.32 Å². The fraction of sp³-hybridized carbons (Fsp3) is 0.278. The largest absolute Gasteiger partial charge is 0.453 e. The van der Waals surface area contributed by atoms with Crippen LogP contribution in [0.15, 0.2) is 53.4 Å². The Bertz CT molecular complexity index is 869. The molecule has 1 atom stereocenters. The number of hydrogen-bond donors (Lipinski definition) is 1. The SMILES string of the molecule is COC(=O)NCCOC(c1cccc(Cl)c1)c1cccc(S(C)(=O)=O)c1. The van der Waals surface area contributed by atoms with Crippen LogP contribution in [0, 0.1) is 0 Å². The van der Waals surface area contributed by atoms with Crippen LogP contribution in [0.5, 0.6) is 0 Å². The van der Waals surface area contributed by atoms with Gasteiger partial charge in [-0.15, -0.1) is 0 Å². The molecular formula is C18H20ClNO5S. The lowest BCUT2D eigenvalue weighted by molar-refractivity contribution is 0.0805. The van der Waals surface area contributed by atoms with Crippen molar-refractivity contribution in [3.8, 4) is 0 Å². The smallest absolute Gasteiger partial charge is 0.406 e. The number of ether oxygens (including phenoxy) is 2. The average molecular weight is 398 g/mol. The number of amides is 1. The number of benzene rings is 2. The van der Waals surface area contributed by atoms with E-state index < -0.39 is 22.0 Å². The standard InChI is InChI=1S/C18H20ClNO5S/c1-24-18(21)20-9-10-25-17(13-5-3-7-15(19)11-13)14-6-4-8-16(12-14)26(2,22)23/h3-8,11-12,17H,9-10H2,1-2H3,(H,20,21). The molecule has 0 fully saturated rings. The summed E-state index contributed by atoms with van der Waals surface area (Å²) in [5, 5.41) is 3.07. The first-order valence-corrected chi connectivity index (χ1v) is 10.1.